The Balaban J connectivity index is 3.59. The molecular formula is C16H30O4. The molecule has 0 aliphatic heterocycles. The molecular weight excluding hydrogens is 256 g/mol. The Morgan fingerprint density at radius 2 is 1.60 bits per heavy atom. The number of ether oxygens (including phenoxy) is 2. The first kappa shape index (κ1) is 18.9. The Morgan fingerprint density at radius 3 is 2.10 bits per heavy atom. The molecule has 4 heteroatoms. The Labute approximate surface area is 123 Å². The molecule has 4 nitrogen and oxygen atoms in total. The van der Waals surface area contributed by atoms with Gasteiger partial charge in [0.15, 0.2) is 0 Å². The van der Waals surface area contributed by atoms with E-state index < -0.39 is 5.60 Å². The summed E-state index contributed by atoms with van der Waals surface area (Å²) in [7, 11) is 0. The maximum atomic E-state index is 11.6. The van der Waals surface area contributed by atoms with Gasteiger partial charge in [0.1, 0.15) is 5.60 Å². The van der Waals surface area contributed by atoms with Gasteiger partial charge in [-0.1, -0.05) is 20.8 Å². The molecule has 0 saturated heterocycles. The van der Waals surface area contributed by atoms with Crippen LogP contribution in [0.15, 0.2) is 0 Å². The lowest BCUT2D eigenvalue weighted by Crippen LogP contribution is -2.23. The minimum Gasteiger partial charge on any atom is -0.465 e. The topological polar surface area (TPSA) is 52.6 Å². The second-order valence-electron chi connectivity index (χ2n) is 6.60. The Bertz CT molecular complexity index is 302. The Kier molecular flexibility index (Phi) is 8.51. The van der Waals surface area contributed by atoms with E-state index in [1.54, 1.807) is 0 Å². The third-order valence-electron chi connectivity index (χ3n) is 3.06. The van der Waals surface area contributed by atoms with Crippen molar-refractivity contribution >= 4 is 11.9 Å². The van der Waals surface area contributed by atoms with Crippen LogP contribution in [-0.4, -0.2) is 24.1 Å². The van der Waals surface area contributed by atoms with Crippen LogP contribution in [0.5, 0.6) is 0 Å². The van der Waals surface area contributed by atoms with Crippen LogP contribution in [-0.2, 0) is 19.1 Å². The molecule has 0 N–H and O–H groups in total. The maximum absolute atomic E-state index is 11.6. The predicted octanol–water partition coefficient (Wildman–Crippen LogP) is 3.72. The molecule has 0 aromatic carbocycles. The van der Waals surface area contributed by atoms with Crippen LogP contribution < -0.4 is 0 Å². The summed E-state index contributed by atoms with van der Waals surface area (Å²) in [6, 6.07) is 0. The van der Waals surface area contributed by atoms with Gasteiger partial charge in [-0.15, -0.1) is 0 Å². The molecule has 0 rings (SSSR count). The molecule has 0 saturated carbocycles. The monoisotopic (exact) mass is 286 g/mol. The maximum Gasteiger partial charge on any atom is 0.308 e. The Morgan fingerprint density at radius 1 is 1.00 bits per heavy atom. The second kappa shape index (κ2) is 8.98. The van der Waals surface area contributed by atoms with E-state index in [0.29, 0.717) is 18.9 Å². The minimum absolute atomic E-state index is 0.0586. The zero-order valence-corrected chi connectivity index (χ0v) is 13.8. The van der Waals surface area contributed by atoms with Crippen molar-refractivity contribution in [2.45, 2.75) is 72.8 Å². The van der Waals surface area contributed by atoms with Crippen molar-refractivity contribution in [2.24, 2.45) is 11.8 Å². The molecule has 0 heterocycles. The number of carbonyl (C=O) groups is 2. The highest BCUT2D eigenvalue weighted by atomic mass is 16.6. The summed E-state index contributed by atoms with van der Waals surface area (Å²) in [4.78, 5) is 23.0. The normalized spacial score (nSPS) is 13.2. The quantitative estimate of drug-likeness (QED) is 0.504. The molecule has 1 atom stereocenters. The fraction of sp³-hybridized carbons (Fsp3) is 0.875. The van der Waals surface area contributed by atoms with Crippen molar-refractivity contribution in [3.05, 3.63) is 0 Å². The van der Waals surface area contributed by atoms with Crippen molar-refractivity contribution in [2.75, 3.05) is 6.61 Å². The summed E-state index contributed by atoms with van der Waals surface area (Å²) in [5.41, 5.74) is -0.417. The van der Waals surface area contributed by atoms with Crippen molar-refractivity contribution in [1.29, 1.82) is 0 Å². The summed E-state index contributed by atoms with van der Waals surface area (Å²) in [6.45, 7) is 11.9. The van der Waals surface area contributed by atoms with Crippen LogP contribution in [0.25, 0.3) is 0 Å². The van der Waals surface area contributed by atoms with Crippen molar-refractivity contribution < 1.29 is 19.1 Å². The smallest absolute Gasteiger partial charge is 0.308 e. The standard InChI is InChI=1S/C16H30O4/c1-12(2)13(3)15(18)19-11-9-7-8-10-14(17)20-16(4,5)6/h12-13H,7-11H2,1-6H3/t13-/m0/s1. The van der Waals surface area contributed by atoms with Gasteiger partial charge in [0.2, 0.25) is 0 Å². The minimum atomic E-state index is -0.417. The lowest BCUT2D eigenvalue weighted by atomic mass is 9.99. The highest BCUT2D eigenvalue weighted by molar-refractivity contribution is 5.72. The summed E-state index contributed by atoms with van der Waals surface area (Å²) in [5, 5.41) is 0. The fourth-order valence-electron chi connectivity index (χ4n) is 1.52. The molecule has 0 aliphatic rings. The molecule has 0 spiro atoms. The van der Waals surface area contributed by atoms with Gasteiger partial charge >= 0.3 is 11.9 Å². The first-order valence-corrected chi connectivity index (χ1v) is 7.52. The molecule has 0 amide bonds. The fourth-order valence-corrected chi connectivity index (χ4v) is 1.52. The summed E-state index contributed by atoms with van der Waals surface area (Å²) < 4.78 is 10.4. The first-order valence-electron chi connectivity index (χ1n) is 7.52. The van der Waals surface area contributed by atoms with Gasteiger partial charge in [0.25, 0.3) is 0 Å². The van der Waals surface area contributed by atoms with E-state index >= 15 is 0 Å². The molecule has 0 radical (unpaired) electrons. The van der Waals surface area contributed by atoms with Crippen LogP contribution in [0.4, 0.5) is 0 Å². The van der Waals surface area contributed by atoms with E-state index in [1.807, 2.05) is 41.5 Å². The van der Waals surface area contributed by atoms with Crippen LogP contribution >= 0.6 is 0 Å². The van der Waals surface area contributed by atoms with Crippen molar-refractivity contribution in [3.63, 3.8) is 0 Å². The number of carbonyl (C=O) groups excluding carboxylic acids is 2. The zero-order valence-electron chi connectivity index (χ0n) is 13.8. The van der Waals surface area contributed by atoms with E-state index in [-0.39, 0.29) is 17.9 Å². The molecule has 0 aromatic rings. The lowest BCUT2D eigenvalue weighted by molar-refractivity contribution is -0.155. The highest BCUT2D eigenvalue weighted by Crippen LogP contribution is 2.13. The summed E-state index contributed by atoms with van der Waals surface area (Å²) in [5.74, 6) is -0.0542. The summed E-state index contributed by atoms with van der Waals surface area (Å²) in [6.07, 6.45) is 2.85. The van der Waals surface area contributed by atoms with Crippen molar-refractivity contribution in [3.8, 4) is 0 Å². The van der Waals surface area contributed by atoms with E-state index in [0.717, 1.165) is 19.3 Å². The predicted molar refractivity (Wildman–Crippen MR) is 79.3 cm³/mol. The molecule has 0 aromatic heterocycles. The molecule has 118 valence electrons. The second-order valence-corrected chi connectivity index (χ2v) is 6.60. The van der Waals surface area contributed by atoms with Crippen LogP contribution in [0, 0.1) is 11.8 Å². The van der Waals surface area contributed by atoms with Crippen LogP contribution in [0.1, 0.15) is 67.2 Å². The third kappa shape index (κ3) is 9.82. The number of hydrogen-bond acceptors (Lipinski definition) is 4. The van der Waals surface area contributed by atoms with Gasteiger partial charge in [0.05, 0.1) is 12.5 Å². The van der Waals surface area contributed by atoms with E-state index in [4.69, 9.17) is 9.47 Å². The summed E-state index contributed by atoms with van der Waals surface area (Å²) >= 11 is 0. The van der Waals surface area contributed by atoms with Gasteiger partial charge in [-0.3, -0.25) is 9.59 Å². The van der Waals surface area contributed by atoms with Gasteiger partial charge in [-0.25, -0.2) is 0 Å². The van der Waals surface area contributed by atoms with Gasteiger partial charge in [-0.05, 0) is 46.0 Å². The number of rotatable bonds is 8. The lowest BCUT2D eigenvalue weighted by Gasteiger charge is -2.19. The molecule has 0 fully saturated rings. The average Bonchev–Trinajstić information content (AvgIpc) is 2.29. The molecule has 0 bridgehead atoms. The van der Waals surface area contributed by atoms with Crippen LogP contribution in [0.2, 0.25) is 0 Å². The van der Waals surface area contributed by atoms with E-state index in [1.165, 1.54) is 0 Å². The van der Waals surface area contributed by atoms with Gasteiger partial charge < -0.3 is 9.47 Å². The number of hydrogen-bond donors (Lipinski definition) is 0. The third-order valence-corrected chi connectivity index (χ3v) is 3.06. The molecule has 0 aliphatic carbocycles. The van der Waals surface area contributed by atoms with Gasteiger partial charge in [0, 0.05) is 6.42 Å². The number of esters is 2. The first-order chi connectivity index (χ1) is 9.13. The Hall–Kier alpha value is -1.06. The molecule has 0 unspecified atom stereocenters. The largest absolute Gasteiger partial charge is 0.465 e. The highest BCUT2D eigenvalue weighted by Gasteiger charge is 2.18. The van der Waals surface area contributed by atoms with Crippen molar-refractivity contribution in [1.82, 2.24) is 0 Å². The number of unbranched alkanes of at least 4 members (excludes halogenated alkanes) is 2. The SMILES string of the molecule is CC(C)[C@H](C)C(=O)OCCCCCC(=O)OC(C)(C)C. The van der Waals surface area contributed by atoms with Crippen LogP contribution in [0.3, 0.4) is 0 Å². The van der Waals surface area contributed by atoms with Gasteiger partial charge in [-0.2, -0.15) is 0 Å². The van der Waals surface area contributed by atoms with E-state index in [2.05, 4.69) is 0 Å². The van der Waals surface area contributed by atoms with E-state index in [9.17, 15) is 9.59 Å². The average molecular weight is 286 g/mol. The zero-order chi connectivity index (χ0) is 15.8. The molecule has 20 heavy (non-hydrogen) atoms.